The molecule has 0 bridgehead atoms. The van der Waals surface area contributed by atoms with E-state index in [9.17, 15) is 19.4 Å². The lowest BCUT2D eigenvalue weighted by Gasteiger charge is -2.30. The molecule has 9 heteroatoms. The summed E-state index contributed by atoms with van der Waals surface area (Å²) < 4.78 is 23.5. The number of aliphatic hydroxyl groups is 1. The average Bonchev–Trinajstić information content (AvgIpc) is 3.36. The lowest BCUT2D eigenvalue weighted by atomic mass is 10.0. The first kappa shape index (κ1) is 71.9. The Hall–Kier alpha value is -2.06. The molecule has 2 N–H and O–H groups in total. The molecule has 0 aliphatic rings. The van der Waals surface area contributed by atoms with Crippen molar-refractivity contribution in [3.8, 4) is 0 Å². The number of quaternary nitrogens is 1. The first-order chi connectivity index (χ1) is 36.0. The van der Waals surface area contributed by atoms with E-state index in [0.29, 0.717) is 23.9 Å². The number of phosphoric acid groups is 1. The van der Waals surface area contributed by atoms with Crippen LogP contribution in [0.1, 0.15) is 284 Å². The van der Waals surface area contributed by atoms with E-state index in [0.717, 1.165) is 89.9 Å². The number of allylic oxidation sites excluding steroid dienone is 12. The van der Waals surface area contributed by atoms with Gasteiger partial charge in [-0.25, -0.2) is 0 Å². The third-order valence-corrected chi connectivity index (χ3v) is 14.9. The van der Waals surface area contributed by atoms with Crippen molar-refractivity contribution < 1.29 is 32.9 Å². The zero-order valence-electron chi connectivity index (χ0n) is 49.3. The normalized spacial score (nSPS) is 14.3. The summed E-state index contributed by atoms with van der Waals surface area (Å²) in [5, 5.41) is 14.1. The SMILES string of the molecule is CC/C=C\C/C=C\C/C=C\C/C=C\C/C=C\C/C=C\CCCCCCCCC(=O)NC(COP(=O)([O-])OCC[N+](C)(C)C)C(O)CCCCCCCCCCCCCCCCCCCCCCCCCCCCC. The Bertz CT molecular complexity index is 1430. The average molecular weight is 1060 g/mol. The van der Waals surface area contributed by atoms with Crippen molar-refractivity contribution in [2.24, 2.45) is 0 Å². The van der Waals surface area contributed by atoms with Crippen LogP contribution in [0.4, 0.5) is 0 Å². The number of amides is 1. The highest BCUT2D eigenvalue weighted by atomic mass is 31.2. The van der Waals surface area contributed by atoms with Gasteiger partial charge in [-0.15, -0.1) is 0 Å². The number of unbranched alkanes of at least 4 members (excludes halogenated alkanes) is 32. The predicted molar refractivity (Wildman–Crippen MR) is 320 cm³/mol. The standard InChI is InChI=1S/C65H121N2O6P/c1-6-8-10-12-14-16-18-20-22-24-26-28-30-32-33-35-36-38-40-42-44-46-48-50-52-54-56-58-64(68)63(62-73-74(70,71)72-61-60-67(3,4)5)66-65(69)59-57-55-53-51-49-47-45-43-41-39-37-34-31-29-27-25-23-21-19-17-15-13-11-9-7-2/h9,11,15,17,21,23,27,29,34,37,41,43,63-64,68H,6-8,10,12-14,16,18-20,22,24-26,28,30-33,35-36,38-40,42,44-62H2,1-5H3,(H-,66,69,70,71)/b11-9-,17-15-,23-21-,29-27-,37-34-,43-41-. The second-order valence-corrected chi connectivity index (χ2v) is 23.8. The van der Waals surface area contributed by atoms with Crippen LogP contribution < -0.4 is 10.2 Å². The molecule has 0 heterocycles. The van der Waals surface area contributed by atoms with Crippen LogP contribution >= 0.6 is 7.82 Å². The van der Waals surface area contributed by atoms with Crippen molar-refractivity contribution in [1.29, 1.82) is 0 Å². The number of carbonyl (C=O) groups excluding carboxylic acids is 1. The van der Waals surface area contributed by atoms with Gasteiger partial charge in [0.1, 0.15) is 13.2 Å². The van der Waals surface area contributed by atoms with Crippen LogP contribution in [0.5, 0.6) is 0 Å². The highest BCUT2D eigenvalue weighted by Gasteiger charge is 2.24. The van der Waals surface area contributed by atoms with Crippen molar-refractivity contribution in [3.63, 3.8) is 0 Å². The van der Waals surface area contributed by atoms with Gasteiger partial charge in [0.05, 0.1) is 39.9 Å². The van der Waals surface area contributed by atoms with Crippen molar-refractivity contribution in [3.05, 3.63) is 72.9 Å². The van der Waals surface area contributed by atoms with Crippen LogP contribution in [0.3, 0.4) is 0 Å². The van der Waals surface area contributed by atoms with Gasteiger partial charge < -0.3 is 28.8 Å². The highest BCUT2D eigenvalue weighted by Crippen LogP contribution is 2.38. The fourth-order valence-corrected chi connectivity index (χ4v) is 9.83. The summed E-state index contributed by atoms with van der Waals surface area (Å²) in [5.41, 5.74) is 0. The van der Waals surface area contributed by atoms with E-state index in [2.05, 4.69) is 92.1 Å². The molecule has 0 spiro atoms. The molecule has 0 saturated carbocycles. The van der Waals surface area contributed by atoms with Crippen molar-refractivity contribution in [2.75, 3.05) is 40.9 Å². The molecule has 8 nitrogen and oxygen atoms in total. The maximum Gasteiger partial charge on any atom is 0.268 e. The van der Waals surface area contributed by atoms with Gasteiger partial charge in [-0.05, 0) is 64.2 Å². The van der Waals surface area contributed by atoms with Gasteiger partial charge in [0.25, 0.3) is 7.82 Å². The van der Waals surface area contributed by atoms with Gasteiger partial charge in [-0.3, -0.25) is 9.36 Å². The molecule has 0 fully saturated rings. The van der Waals surface area contributed by atoms with Crippen LogP contribution in [0.25, 0.3) is 0 Å². The van der Waals surface area contributed by atoms with Gasteiger partial charge in [-0.1, -0.05) is 286 Å². The molecule has 0 saturated heterocycles. The van der Waals surface area contributed by atoms with Crippen LogP contribution in [0.2, 0.25) is 0 Å². The Kier molecular flexibility index (Phi) is 54.1. The molecular formula is C65H121N2O6P. The third-order valence-electron chi connectivity index (χ3n) is 14.0. The van der Waals surface area contributed by atoms with Gasteiger partial charge in [0.2, 0.25) is 5.91 Å². The predicted octanol–water partition coefficient (Wildman–Crippen LogP) is 18.8. The molecule has 0 aromatic heterocycles. The minimum Gasteiger partial charge on any atom is -0.756 e. The first-order valence-electron chi connectivity index (χ1n) is 31.3. The zero-order chi connectivity index (χ0) is 54.2. The van der Waals surface area contributed by atoms with E-state index in [1.54, 1.807) is 0 Å². The fraction of sp³-hybridized carbons (Fsp3) is 0.800. The quantitative estimate of drug-likeness (QED) is 0.0272. The van der Waals surface area contributed by atoms with Crippen LogP contribution in [0, 0.1) is 0 Å². The molecule has 3 unspecified atom stereocenters. The smallest absolute Gasteiger partial charge is 0.268 e. The van der Waals surface area contributed by atoms with E-state index in [4.69, 9.17) is 9.05 Å². The van der Waals surface area contributed by atoms with E-state index in [1.807, 2.05) is 21.1 Å². The van der Waals surface area contributed by atoms with Gasteiger partial charge >= 0.3 is 0 Å². The largest absolute Gasteiger partial charge is 0.756 e. The van der Waals surface area contributed by atoms with E-state index < -0.39 is 20.0 Å². The number of hydrogen-bond donors (Lipinski definition) is 2. The minimum absolute atomic E-state index is 0.00593. The summed E-state index contributed by atoms with van der Waals surface area (Å²) in [5.74, 6) is -0.179. The number of aliphatic hydroxyl groups excluding tert-OH is 1. The Morgan fingerprint density at radius 3 is 1.20 bits per heavy atom. The van der Waals surface area contributed by atoms with Gasteiger partial charge in [0.15, 0.2) is 0 Å². The number of nitrogens with one attached hydrogen (secondary N) is 1. The van der Waals surface area contributed by atoms with E-state index in [-0.39, 0.29) is 19.1 Å². The fourth-order valence-electron chi connectivity index (χ4n) is 9.10. The highest BCUT2D eigenvalue weighted by molar-refractivity contribution is 7.45. The molecule has 0 aromatic rings. The molecule has 1 amide bonds. The molecule has 0 aliphatic carbocycles. The Morgan fingerprint density at radius 2 is 0.824 bits per heavy atom. The summed E-state index contributed by atoms with van der Waals surface area (Å²) in [6.45, 7) is 4.62. The summed E-state index contributed by atoms with van der Waals surface area (Å²) >= 11 is 0. The molecule has 0 rings (SSSR count). The Labute approximate surface area is 459 Å². The number of likely N-dealkylation sites (N-methyl/N-ethyl adjacent to an activating group) is 1. The molecule has 0 aliphatic heterocycles. The van der Waals surface area contributed by atoms with Gasteiger partial charge in [-0.2, -0.15) is 0 Å². The molecule has 0 radical (unpaired) electrons. The summed E-state index contributed by atoms with van der Waals surface area (Å²) in [6, 6.07) is -0.815. The van der Waals surface area contributed by atoms with Gasteiger partial charge in [0, 0.05) is 6.42 Å². The number of carbonyl (C=O) groups is 1. The second kappa shape index (κ2) is 55.7. The molecule has 432 valence electrons. The third kappa shape index (κ3) is 57.6. The number of phosphoric ester groups is 1. The van der Waals surface area contributed by atoms with E-state index in [1.165, 1.54) is 167 Å². The minimum atomic E-state index is -4.59. The second-order valence-electron chi connectivity index (χ2n) is 22.4. The Morgan fingerprint density at radius 1 is 0.486 bits per heavy atom. The summed E-state index contributed by atoms with van der Waals surface area (Å²) in [7, 11) is 1.29. The lowest BCUT2D eigenvalue weighted by Crippen LogP contribution is -2.46. The lowest BCUT2D eigenvalue weighted by molar-refractivity contribution is -0.870. The topological polar surface area (TPSA) is 108 Å². The maximum atomic E-state index is 13.0. The number of nitrogens with zero attached hydrogens (tertiary/aromatic N) is 1. The van der Waals surface area contributed by atoms with Crippen molar-refractivity contribution in [2.45, 2.75) is 296 Å². The van der Waals surface area contributed by atoms with Crippen LogP contribution in [0.15, 0.2) is 72.9 Å². The van der Waals surface area contributed by atoms with Crippen LogP contribution in [-0.2, 0) is 18.4 Å². The molecule has 0 aromatic carbocycles. The Balaban J connectivity index is 4.16. The van der Waals surface area contributed by atoms with E-state index >= 15 is 0 Å². The zero-order valence-corrected chi connectivity index (χ0v) is 50.2. The number of hydrogen-bond acceptors (Lipinski definition) is 6. The first-order valence-corrected chi connectivity index (χ1v) is 32.7. The number of rotatable bonds is 57. The van der Waals surface area contributed by atoms with Crippen molar-refractivity contribution >= 4 is 13.7 Å². The summed E-state index contributed by atoms with van der Waals surface area (Å²) in [4.78, 5) is 25.6. The van der Waals surface area contributed by atoms with Crippen molar-refractivity contribution in [1.82, 2.24) is 5.32 Å². The monoisotopic (exact) mass is 1060 g/mol. The molecule has 3 atom stereocenters. The molecular weight excluding hydrogens is 936 g/mol. The molecule has 74 heavy (non-hydrogen) atoms. The summed E-state index contributed by atoms with van der Waals surface area (Å²) in [6.07, 6.45) is 76.6. The maximum absolute atomic E-state index is 13.0. The van der Waals surface area contributed by atoms with Crippen LogP contribution in [-0.4, -0.2) is 68.5 Å².